The molecule has 2 rings (SSSR count). The van der Waals surface area contributed by atoms with Crippen molar-refractivity contribution in [2.45, 2.75) is 19.1 Å². The number of benzene rings is 2. The van der Waals surface area contributed by atoms with Gasteiger partial charge in [0.15, 0.2) is 6.61 Å². The Balaban J connectivity index is 2.12. The van der Waals surface area contributed by atoms with Gasteiger partial charge in [-0.3, -0.25) is 0 Å². The van der Waals surface area contributed by atoms with E-state index < -0.39 is 17.5 Å². The number of ether oxygens (including phenoxy) is 3. The lowest BCUT2D eigenvalue weighted by Crippen LogP contribution is -2.43. The minimum absolute atomic E-state index is 0.123. The Labute approximate surface area is 146 Å². The standard InChI is InChI=1S/C19H21NO5/c1-19(20,18(22)25-12-14-8-4-3-5-9-14)15-10-6-7-11-16(15)24-13-17(21)23-2/h3-11H,12-13,20H2,1-2H3. The van der Waals surface area contributed by atoms with Crippen LogP contribution >= 0.6 is 0 Å². The highest BCUT2D eigenvalue weighted by molar-refractivity contribution is 5.83. The molecule has 0 aromatic heterocycles. The summed E-state index contributed by atoms with van der Waals surface area (Å²) in [5.41, 5.74) is 6.08. The van der Waals surface area contributed by atoms with E-state index in [-0.39, 0.29) is 13.2 Å². The number of methoxy groups -OCH3 is 1. The highest BCUT2D eigenvalue weighted by Gasteiger charge is 2.35. The molecule has 2 N–H and O–H groups in total. The molecule has 1 unspecified atom stereocenters. The first-order chi connectivity index (χ1) is 11.9. The van der Waals surface area contributed by atoms with E-state index in [4.69, 9.17) is 15.2 Å². The second kappa shape index (κ2) is 8.30. The maximum Gasteiger partial charge on any atom is 0.343 e. The second-order valence-electron chi connectivity index (χ2n) is 5.63. The van der Waals surface area contributed by atoms with E-state index in [1.807, 2.05) is 30.3 Å². The number of rotatable bonds is 7. The molecule has 0 amide bonds. The molecule has 0 spiro atoms. The summed E-state index contributed by atoms with van der Waals surface area (Å²) < 4.78 is 15.3. The van der Waals surface area contributed by atoms with Crippen molar-refractivity contribution in [2.24, 2.45) is 5.73 Å². The maximum atomic E-state index is 12.5. The van der Waals surface area contributed by atoms with E-state index in [2.05, 4.69) is 4.74 Å². The van der Waals surface area contributed by atoms with Crippen LogP contribution in [-0.2, 0) is 31.2 Å². The van der Waals surface area contributed by atoms with Crippen LogP contribution in [0.5, 0.6) is 5.75 Å². The summed E-state index contributed by atoms with van der Waals surface area (Å²) in [6.45, 7) is 1.39. The summed E-state index contributed by atoms with van der Waals surface area (Å²) in [5.74, 6) is -0.791. The molecule has 0 bridgehead atoms. The number of hydrogen-bond acceptors (Lipinski definition) is 6. The Morgan fingerprint density at radius 1 is 1.04 bits per heavy atom. The Hall–Kier alpha value is -2.86. The number of nitrogens with two attached hydrogens (primary N) is 1. The fourth-order valence-corrected chi connectivity index (χ4v) is 2.20. The summed E-state index contributed by atoms with van der Waals surface area (Å²) in [5, 5.41) is 0. The first-order valence-electron chi connectivity index (χ1n) is 7.74. The average Bonchev–Trinajstić information content (AvgIpc) is 2.65. The van der Waals surface area contributed by atoms with E-state index in [0.717, 1.165) is 5.56 Å². The van der Waals surface area contributed by atoms with Crippen LogP contribution in [0.15, 0.2) is 54.6 Å². The van der Waals surface area contributed by atoms with Crippen molar-refractivity contribution in [1.29, 1.82) is 0 Å². The van der Waals surface area contributed by atoms with Crippen molar-refractivity contribution in [3.05, 3.63) is 65.7 Å². The monoisotopic (exact) mass is 343 g/mol. The van der Waals surface area contributed by atoms with Crippen LogP contribution in [0.3, 0.4) is 0 Å². The highest BCUT2D eigenvalue weighted by Crippen LogP contribution is 2.29. The molecule has 132 valence electrons. The van der Waals surface area contributed by atoms with Gasteiger partial charge in [-0.25, -0.2) is 9.59 Å². The second-order valence-corrected chi connectivity index (χ2v) is 5.63. The first-order valence-corrected chi connectivity index (χ1v) is 7.74. The number of esters is 2. The molecular formula is C19H21NO5. The molecule has 2 aromatic rings. The van der Waals surface area contributed by atoms with Crippen LogP contribution in [0, 0.1) is 0 Å². The third kappa shape index (κ3) is 4.81. The Morgan fingerprint density at radius 3 is 2.36 bits per heavy atom. The molecule has 0 aliphatic carbocycles. The van der Waals surface area contributed by atoms with Crippen molar-refractivity contribution in [2.75, 3.05) is 13.7 Å². The third-order valence-corrected chi connectivity index (χ3v) is 3.66. The van der Waals surface area contributed by atoms with Gasteiger partial charge < -0.3 is 19.9 Å². The number of carbonyl (C=O) groups is 2. The van der Waals surface area contributed by atoms with Crippen molar-refractivity contribution in [3.63, 3.8) is 0 Å². The van der Waals surface area contributed by atoms with Crippen LogP contribution in [-0.4, -0.2) is 25.7 Å². The molecule has 0 aliphatic heterocycles. The Morgan fingerprint density at radius 2 is 1.68 bits per heavy atom. The molecule has 0 heterocycles. The lowest BCUT2D eigenvalue weighted by molar-refractivity contribution is -0.151. The van der Waals surface area contributed by atoms with Gasteiger partial charge in [-0.05, 0) is 18.6 Å². The fraction of sp³-hybridized carbons (Fsp3) is 0.263. The Kier molecular flexibility index (Phi) is 6.14. The van der Waals surface area contributed by atoms with Gasteiger partial charge in [-0.15, -0.1) is 0 Å². The molecule has 6 nitrogen and oxygen atoms in total. The first kappa shape index (κ1) is 18.5. The molecule has 2 aromatic carbocycles. The zero-order valence-electron chi connectivity index (χ0n) is 14.2. The van der Waals surface area contributed by atoms with Gasteiger partial charge in [0.1, 0.15) is 17.9 Å². The summed E-state index contributed by atoms with van der Waals surface area (Å²) in [4.78, 5) is 23.8. The van der Waals surface area contributed by atoms with Gasteiger partial charge in [-0.1, -0.05) is 48.5 Å². The van der Waals surface area contributed by atoms with E-state index in [1.165, 1.54) is 7.11 Å². The quantitative estimate of drug-likeness (QED) is 0.775. The SMILES string of the molecule is COC(=O)COc1ccccc1C(C)(N)C(=O)OCc1ccccc1. The molecule has 0 aliphatic rings. The molecule has 25 heavy (non-hydrogen) atoms. The van der Waals surface area contributed by atoms with Gasteiger partial charge in [0.2, 0.25) is 0 Å². The van der Waals surface area contributed by atoms with Crippen molar-refractivity contribution in [1.82, 2.24) is 0 Å². The van der Waals surface area contributed by atoms with Crippen LogP contribution in [0.2, 0.25) is 0 Å². The van der Waals surface area contributed by atoms with Crippen molar-refractivity contribution >= 4 is 11.9 Å². The number of para-hydroxylation sites is 1. The maximum absolute atomic E-state index is 12.5. The van der Waals surface area contributed by atoms with Crippen LogP contribution in [0.25, 0.3) is 0 Å². The molecular weight excluding hydrogens is 322 g/mol. The predicted molar refractivity (Wildman–Crippen MR) is 91.7 cm³/mol. The van der Waals surface area contributed by atoms with Gasteiger partial charge in [0.05, 0.1) is 7.11 Å². The number of hydrogen-bond donors (Lipinski definition) is 1. The lowest BCUT2D eigenvalue weighted by Gasteiger charge is -2.25. The highest BCUT2D eigenvalue weighted by atomic mass is 16.6. The average molecular weight is 343 g/mol. The van der Waals surface area contributed by atoms with Gasteiger partial charge in [0, 0.05) is 5.56 Å². The van der Waals surface area contributed by atoms with Crippen molar-refractivity contribution < 1.29 is 23.8 Å². The van der Waals surface area contributed by atoms with E-state index in [1.54, 1.807) is 31.2 Å². The van der Waals surface area contributed by atoms with Crippen molar-refractivity contribution in [3.8, 4) is 5.75 Å². The molecule has 1 atom stereocenters. The number of carbonyl (C=O) groups excluding carboxylic acids is 2. The minimum Gasteiger partial charge on any atom is -0.482 e. The predicted octanol–water partition coefficient (Wildman–Crippen LogP) is 2.16. The molecule has 0 fully saturated rings. The van der Waals surface area contributed by atoms with Gasteiger partial charge >= 0.3 is 11.9 Å². The summed E-state index contributed by atoms with van der Waals surface area (Å²) in [7, 11) is 1.27. The zero-order chi connectivity index (χ0) is 18.3. The molecule has 0 saturated carbocycles. The molecule has 0 radical (unpaired) electrons. The largest absolute Gasteiger partial charge is 0.482 e. The zero-order valence-corrected chi connectivity index (χ0v) is 14.2. The lowest BCUT2D eigenvalue weighted by atomic mass is 9.92. The third-order valence-electron chi connectivity index (χ3n) is 3.66. The van der Waals surface area contributed by atoms with E-state index in [9.17, 15) is 9.59 Å². The molecule has 0 saturated heterocycles. The van der Waals surface area contributed by atoms with Gasteiger partial charge in [0.25, 0.3) is 0 Å². The summed E-state index contributed by atoms with van der Waals surface area (Å²) >= 11 is 0. The summed E-state index contributed by atoms with van der Waals surface area (Å²) in [6.07, 6.45) is 0. The van der Waals surface area contributed by atoms with Crippen LogP contribution < -0.4 is 10.5 Å². The normalized spacial score (nSPS) is 12.8. The van der Waals surface area contributed by atoms with Crippen LogP contribution in [0.1, 0.15) is 18.1 Å². The topological polar surface area (TPSA) is 87.9 Å². The van der Waals surface area contributed by atoms with Crippen LogP contribution in [0.4, 0.5) is 0 Å². The minimum atomic E-state index is -1.43. The molecule has 6 heteroatoms. The van der Waals surface area contributed by atoms with E-state index >= 15 is 0 Å². The van der Waals surface area contributed by atoms with E-state index in [0.29, 0.717) is 11.3 Å². The summed E-state index contributed by atoms with van der Waals surface area (Å²) in [6, 6.07) is 16.1. The Bertz CT molecular complexity index is 728. The smallest absolute Gasteiger partial charge is 0.343 e. The fourth-order valence-electron chi connectivity index (χ4n) is 2.20. The van der Waals surface area contributed by atoms with Gasteiger partial charge in [-0.2, -0.15) is 0 Å².